The summed E-state index contributed by atoms with van der Waals surface area (Å²) in [5.41, 5.74) is 2.35. The molecule has 1 saturated heterocycles. The van der Waals surface area contributed by atoms with E-state index >= 15 is 0 Å². The van der Waals surface area contributed by atoms with E-state index in [9.17, 15) is 9.90 Å². The first kappa shape index (κ1) is 15.8. The van der Waals surface area contributed by atoms with E-state index in [1.165, 1.54) is 5.56 Å². The molecule has 21 heavy (non-hydrogen) atoms. The molecule has 1 fully saturated rings. The third-order valence-corrected chi connectivity index (χ3v) is 4.23. The average Bonchev–Trinajstić information content (AvgIpc) is 2.45. The maximum absolute atomic E-state index is 11.2. The molecule has 1 N–H and O–H groups in total. The summed E-state index contributed by atoms with van der Waals surface area (Å²) in [6.45, 7) is 7.63. The molecule has 0 aliphatic carbocycles. The zero-order chi connectivity index (χ0) is 15.4. The van der Waals surface area contributed by atoms with Crippen molar-refractivity contribution in [2.75, 3.05) is 13.1 Å². The van der Waals surface area contributed by atoms with Crippen LogP contribution in [0, 0.1) is 13.8 Å². The van der Waals surface area contributed by atoms with Crippen LogP contribution in [0.4, 0.5) is 0 Å². The van der Waals surface area contributed by atoms with Gasteiger partial charge in [0.1, 0.15) is 17.9 Å². The minimum Gasteiger partial charge on any atom is -0.490 e. The lowest BCUT2D eigenvalue weighted by molar-refractivity contribution is -0.144. The smallest absolute Gasteiger partial charge is 0.320 e. The molecule has 1 aliphatic heterocycles. The van der Waals surface area contributed by atoms with E-state index in [4.69, 9.17) is 4.74 Å². The van der Waals surface area contributed by atoms with Crippen LogP contribution in [0.1, 0.15) is 37.3 Å². The number of nitrogens with zero attached hydrogens (tertiary/aromatic N) is 1. The van der Waals surface area contributed by atoms with Gasteiger partial charge in [-0.1, -0.05) is 19.1 Å². The third kappa shape index (κ3) is 3.97. The van der Waals surface area contributed by atoms with E-state index in [1.807, 2.05) is 6.92 Å². The Labute approximate surface area is 126 Å². The summed E-state index contributed by atoms with van der Waals surface area (Å²) < 4.78 is 6.12. The minimum atomic E-state index is -0.716. The summed E-state index contributed by atoms with van der Waals surface area (Å²) in [5.74, 6) is 0.241. The predicted molar refractivity (Wildman–Crippen MR) is 82.9 cm³/mol. The SMILES string of the molecule is CCC(C(=O)O)N1CCC(Oc2cc(C)ccc2C)CC1. The van der Waals surface area contributed by atoms with Crippen LogP contribution in [0.3, 0.4) is 0 Å². The van der Waals surface area contributed by atoms with Gasteiger partial charge < -0.3 is 9.84 Å². The molecule has 1 aliphatic rings. The predicted octanol–water partition coefficient (Wildman–Crippen LogP) is 3.01. The lowest BCUT2D eigenvalue weighted by atomic mass is 10.0. The molecule has 1 aromatic carbocycles. The van der Waals surface area contributed by atoms with Gasteiger partial charge in [-0.2, -0.15) is 0 Å². The normalized spacial score (nSPS) is 18.4. The Balaban J connectivity index is 1.92. The number of aryl methyl sites for hydroxylation is 2. The standard InChI is InChI=1S/C17H25NO3/c1-4-15(17(19)20)18-9-7-14(8-10-18)21-16-11-12(2)5-6-13(16)3/h5-6,11,14-15H,4,7-10H2,1-3H3,(H,19,20). The molecule has 1 unspecified atom stereocenters. The van der Waals surface area contributed by atoms with Gasteiger partial charge in [-0.3, -0.25) is 9.69 Å². The van der Waals surface area contributed by atoms with Crippen LogP contribution in [-0.4, -0.2) is 41.2 Å². The van der Waals surface area contributed by atoms with Crippen molar-refractivity contribution in [1.29, 1.82) is 0 Å². The number of carbonyl (C=O) groups is 1. The van der Waals surface area contributed by atoms with E-state index in [0.717, 1.165) is 37.2 Å². The minimum absolute atomic E-state index is 0.188. The first-order valence-corrected chi connectivity index (χ1v) is 7.72. The number of likely N-dealkylation sites (tertiary alicyclic amines) is 1. The zero-order valence-electron chi connectivity index (χ0n) is 13.1. The zero-order valence-corrected chi connectivity index (χ0v) is 13.1. The van der Waals surface area contributed by atoms with Crippen LogP contribution < -0.4 is 4.74 Å². The second kappa shape index (κ2) is 6.94. The van der Waals surface area contributed by atoms with Crippen molar-refractivity contribution in [3.8, 4) is 5.75 Å². The molecule has 4 heteroatoms. The van der Waals surface area contributed by atoms with Gasteiger partial charge in [0.2, 0.25) is 0 Å². The first-order valence-electron chi connectivity index (χ1n) is 7.72. The summed E-state index contributed by atoms with van der Waals surface area (Å²) in [6, 6.07) is 5.89. The molecule has 1 aromatic rings. The molecule has 116 valence electrons. The van der Waals surface area contributed by atoms with Crippen molar-refractivity contribution in [3.05, 3.63) is 29.3 Å². The van der Waals surface area contributed by atoms with Crippen LogP contribution in [0.2, 0.25) is 0 Å². The number of aliphatic carboxylic acids is 1. The Bertz CT molecular complexity index is 493. The van der Waals surface area contributed by atoms with E-state index < -0.39 is 5.97 Å². The number of benzene rings is 1. The maximum atomic E-state index is 11.2. The number of ether oxygens (including phenoxy) is 1. The fourth-order valence-electron chi connectivity index (χ4n) is 2.91. The van der Waals surface area contributed by atoms with Crippen LogP contribution in [0.25, 0.3) is 0 Å². The van der Waals surface area contributed by atoms with Crippen molar-refractivity contribution in [2.24, 2.45) is 0 Å². The highest BCUT2D eigenvalue weighted by Gasteiger charge is 2.29. The third-order valence-electron chi connectivity index (χ3n) is 4.23. The van der Waals surface area contributed by atoms with Crippen LogP contribution in [0.5, 0.6) is 5.75 Å². The van der Waals surface area contributed by atoms with Gasteiger partial charge >= 0.3 is 5.97 Å². The Kier molecular flexibility index (Phi) is 5.23. The highest BCUT2D eigenvalue weighted by Crippen LogP contribution is 2.24. The Hall–Kier alpha value is -1.55. The molecule has 0 saturated carbocycles. The van der Waals surface area contributed by atoms with Crippen molar-refractivity contribution in [2.45, 2.75) is 52.2 Å². The molecule has 0 bridgehead atoms. The molecule has 1 heterocycles. The second-order valence-electron chi connectivity index (χ2n) is 5.88. The number of carboxylic acid groups (broad SMARTS) is 1. The average molecular weight is 291 g/mol. The monoisotopic (exact) mass is 291 g/mol. The van der Waals surface area contributed by atoms with E-state index in [0.29, 0.717) is 6.42 Å². The summed E-state index contributed by atoms with van der Waals surface area (Å²) in [5, 5.41) is 9.22. The molecule has 0 radical (unpaired) electrons. The van der Waals surface area contributed by atoms with E-state index in [-0.39, 0.29) is 12.1 Å². The largest absolute Gasteiger partial charge is 0.490 e. The Morgan fingerprint density at radius 1 is 1.38 bits per heavy atom. The van der Waals surface area contributed by atoms with Crippen molar-refractivity contribution in [3.63, 3.8) is 0 Å². The van der Waals surface area contributed by atoms with Gasteiger partial charge in [0.05, 0.1) is 0 Å². The Morgan fingerprint density at radius 3 is 2.62 bits per heavy atom. The Morgan fingerprint density at radius 2 is 2.05 bits per heavy atom. The van der Waals surface area contributed by atoms with Crippen LogP contribution in [0.15, 0.2) is 18.2 Å². The topological polar surface area (TPSA) is 49.8 Å². The molecule has 1 atom stereocenters. The molecule has 0 spiro atoms. The first-order chi connectivity index (χ1) is 10.0. The fourth-order valence-corrected chi connectivity index (χ4v) is 2.91. The summed E-state index contributed by atoms with van der Waals surface area (Å²) in [7, 11) is 0. The molecule has 0 aromatic heterocycles. The number of carboxylic acids is 1. The van der Waals surface area contributed by atoms with Crippen LogP contribution >= 0.6 is 0 Å². The van der Waals surface area contributed by atoms with Gasteiger partial charge in [-0.15, -0.1) is 0 Å². The van der Waals surface area contributed by atoms with Crippen molar-refractivity contribution >= 4 is 5.97 Å². The summed E-state index contributed by atoms with van der Waals surface area (Å²) >= 11 is 0. The molecule has 4 nitrogen and oxygen atoms in total. The molecule has 2 rings (SSSR count). The second-order valence-corrected chi connectivity index (χ2v) is 5.88. The fraction of sp³-hybridized carbons (Fsp3) is 0.588. The maximum Gasteiger partial charge on any atom is 0.320 e. The molecular formula is C17H25NO3. The molecule has 0 amide bonds. The van der Waals surface area contributed by atoms with Crippen LogP contribution in [-0.2, 0) is 4.79 Å². The van der Waals surface area contributed by atoms with Gasteiger partial charge in [0, 0.05) is 13.1 Å². The van der Waals surface area contributed by atoms with Gasteiger partial charge in [-0.05, 0) is 50.3 Å². The van der Waals surface area contributed by atoms with Crippen molar-refractivity contribution in [1.82, 2.24) is 4.90 Å². The summed E-state index contributed by atoms with van der Waals surface area (Å²) in [6.07, 6.45) is 2.61. The number of piperidine rings is 1. The van der Waals surface area contributed by atoms with Crippen molar-refractivity contribution < 1.29 is 14.6 Å². The van der Waals surface area contributed by atoms with Gasteiger partial charge in [0.15, 0.2) is 0 Å². The van der Waals surface area contributed by atoms with E-state index in [1.54, 1.807) is 0 Å². The quantitative estimate of drug-likeness (QED) is 0.906. The van der Waals surface area contributed by atoms with E-state index in [2.05, 4.69) is 36.9 Å². The molecular weight excluding hydrogens is 266 g/mol. The van der Waals surface area contributed by atoms with Gasteiger partial charge in [0.25, 0.3) is 0 Å². The number of rotatable bonds is 5. The number of hydrogen-bond acceptors (Lipinski definition) is 3. The highest BCUT2D eigenvalue weighted by atomic mass is 16.5. The lowest BCUT2D eigenvalue weighted by Crippen LogP contribution is -2.47. The lowest BCUT2D eigenvalue weighted by Gasteiger charge is -2.35. The highest BCUT2D eigenvalue weighted by molar-refractivity contribution is 5.73. The summed E-state index contributed by atoms with van der Waals surface area (Å²) in [4.78, 5) is 13.3. The van der Waals surface area contributed by atoms with Gasteiger partial charge in [-0.25, -0.2) is 0 Å². The number of hydrogen-bond donors (Lipinski definition) is 1.